The van der Waals surface area contributed by atoms with Gasteiger partial charge < -0.3 is 20.3 Å². The molecule has 0 unspecified atom stereocenters. The second-order valence-electron chi connectivity index (χ2n) is 5.91. The highest BCUT2D eigenvalue weighted by Gasteiger charge is 2.07. The summed E-state index contributed by atoms with van der Waals surface area (Å²) >= 11 is 1.45. The number of nitrogens with one attached hydrogen (secondary N) is 2. The molecule has 0 aliphatic rings. The van der Waals surface area contributed by atoms with Crippen molar-refractivity contribution in [1.82, 2.24) is 15.5 Å². The number of carbonyl (C=O) groups excluding carboxylic acids is 1. The van der Waals surface area contributed by atoms with E-state index in [9.17, 15) is 4.79 Å². The first kappa shape index (κ1) is 24.2. The zero-order valence-corrected chi connectivity index (χ0v) is 19.5. The third-order valence-electron chi connectivity index (χ3n) is 3.76. The van der Waals surface area contributed by atoms with Crippen molar-refractivity contribution in [1.29, 1.82) is 0 Å². The summed E-state index contributed by atoms with van der Waals surface area (Å²) in [5.41, 5.74) is 0. The number of para-hydroxylation sites is 1. The van der Waals surface area contributed by atoms with E-state index in [1.165, 1.54) is 11.3 Å². The van der Waals surface area contributed by atoms with E-state index in [-0.39, 0.29) is 29.9 Å². The molecule has 0 spiro atoms. The zero-order valence-electron chi connectivity index (χ0n) is 16.4. The van der Waals surface area contributed by atoms with Crippen molar-refractivity contribution in [2.24, 2.45) is 4.99 Å². The Bertz CT molecular complexity index is 695. The SMILES string of the molecule is CCNC(=NCCCNC(=O)c1cccs1)N(C)CCOc1ccccc1.I. The molecule has 1 amide bonds. The fourth-order valence-corrected chi connectivity index (χ4v) is 2.99. The van der Waals surface area contributed by atoms with E-state index >= 15 is 0 Å². The maximum Gasteiger partial charge on any atom is 0.261 e. The van der Waals surface area contributed by atoms with E-state index in [4.69, 9.17) is 4.74 Å². The van der Waals surface area contributed by atoms with Gasteiger partial charge in [0.15, 0.2) is 5.96 Å². The van der Waals surface area contributed by atoms with Crippen LogP contribution in [-0.4, -0.2) is 56.6 Å². The van der Waals surface area contributed by atoms with E-state index in [2.05, 4.69) is 20.5 Å². The maximum atomic E-state index is 11.9. The lowest BCUT2D eigenvalue weighted by Gasteiger charge is -2.22. The Labute approximate surface area is 188 Å². The number of likely N-dealkylation sites (N-methyl/N-ethyl adjacent to an activating group) is 1. The molecule has 6 nitrogen and oxygen atoms in total. The normalized spacial score (nSPS) is 10.7. The summed E-state index contributed by atoms with van der Waals surface area (Å²) in [5.74, 6) is 1.70. The molecular weight excluding hydrogens is 487 g/mol. The molecule has 0 atom stereocenters. The molecule has 1 aromatic heterocycles. The largest absolute Gasteiger partial charge is 0.492 e. The minimum absolute atomic E-state index is 0. The number of amides is 1. The number of rotatable bonds is 10. The molecule has 1 heterocycles. The third kappa shape index (κ3) is 8.92. The van der Waals surface area contributed by atoms with E-state index in [0.717, 1.165) is 36.1 Å². The van der Waals surface area contributed by atoms with Gasteiger partial charge in [-0.05, 0) is 36.9 Å². The maximum absolute atomic E-state index is 11.9. The van der Waals surface area contributed by atoms with Gasteiger partial charge in [-0.15, -0.1) is 35.3 Å². The number of ether oxygens (including phenoxy) is 1. The van der Waals surface area contributed by atoms with Crippen LogP contribution in [0.3, 0.4) is 0 Å². The average Bonchev–Trinajstić information content (AvgIpc) is 3.22. The van der Waals surface area contributed by atoms with Crippen LogP contribution in [0, 0.1) is 0 Å². The predicted molar refractivity (Wildman–Crippen MR) is 127 cm³/mol. The minimum Gasteiger partial charge on any atom is -0.492 e. The van der Waals surface area contributed by atoms with Gasteiger partial charge in [-0.2, -0.15) is 0 Å². The Kier molecular flexibility index (Phi) is 12.3. The number of hydrogen-bond acceptors (Lipinski definition) is 4. The number of aliphatic imine (C=N–C) groups is 1. The quantitative estimate of drug-likeness (QED) is 0.220. The smallest absolute Gasteiger partial charge is 0.261 e. The molecule has 1 aromatic carbocycles. The van der Waals surface area contributed by atoms with Crippen molar-refractivity contribution < 1.29 is 9.53 Å². The van der Waals surface area contributed by atoms with Crippen molar-refractivity contribution in [3.05, 3.63) is 52.7 Å². The number of nitrogens with zero attached hydrogens (tertiary/aromatic N) is 2. The van der Waals surface area contributed by atoms with Gasteiger partial charge in [-0.3, -0.25) is 9.79 Å². The van der Waals surface area contributed by atoms with Crippen molar-refractivity contribution in [3.63, 3.8) is 0 Å². The molecule has 0 fully saturated rings. The highest BCUT2D eigenvalue weighted by Crippen LogP contribution is 2.08. The van der Waals surface area contributed by atoms with E-state index in [1.54, 1.807) is 0 Å². The van der Waals surface area contributed by atoms with Gasteiger partial charge in [0, 0.05) is 26.7 Å². The van der Waals surface area contributed by atoms with Crippen molar-refractivity contribution in [2.45, 2.75) is 13.3 Å². The first-order chi connectivity index (χ1) is 13.2. The van der Waals surface area contributed by atoms with Gasteiger partial charge in [0.1, 0.15) is 12.4 Å². The molecule has 2 rings (SSSR count). The van der Waals surface area contributed by atoms with E-state index < -0.39 is 0 Å². The molecule has 28 heavy (non-hydrogen) atoms. The minimum atomic E-state index is -0.0175. The Morgan fingerprint density at radius 3 is 2.64 bits per heavy atom. The molecule has 8 heteroatoms. The van der Waals surface area contributed by atoms with Gasteiger partial charge >= 0.3 is 0 Å². The number of halogens is 1. The van der Waals surface area contributed by atoms with Crippen LogP contribution in [0.5, 0.6) is 5.75 Å². The van der Waals surface area contributed by atoms with Crippen LogP contribution in [-0.2, 0) is 0 Å². The first-order valence-corrected chi connectivity index (χ1v) is 10.1. The second-order valence-corrected chi connectivity index (χ2v) is 6.85. The molecule has 0 radical (unpaired) electrons. The third-order valence-corrected chi connectivity index (χ3v) is 4.63. The van der Waals surface area contributed by atoms with Crippen LogP contribution in [0.1, 0.15) is 23.0 Å². The van der Waals surface area contributed by atoms with Crippen LogP contribution in [0.15, 0.2) is 52.8 Å². The van der Waals surface area contributed by atoms with Crippen LogP contribution < -0.4 is 15.4 Å². The van der Waals surface area contributed by atoms with Crippen LogP contribution in [0.2, 0.25) is 0 Å². The Balaban J connectivity index is 0.00000392. The molecule has 0 bridgehead atoms. The molecular formula is C20H29IN4O2S. The lowest BCUT2D eigenvalue weighted by atomic mass is 10.3. The van der Waals surface area contributed by atoms with Gasteiger partial charge in [0.25, 0.3) is 5.91 Å². The number of thiophene rings is 1. The standard InChI is InChI=1S/C20H28N4O2S.HI/c1-3-21-20(24(2)14-15-26-17-9-5-4-6-10-17)23-13-8-12-22-19(25)18-11-7-16-27-18;/h4-7,9-11,16H,3,8,12-15H2,1-2H3,(H,21,23)(H,22,25);1H. The van der Waals surface area contributed by atoms with Gasteiger partial charge in [-0.25, -0.2) is 0 Å². The summed E-state index contributed by atoms with van der Waals surface area (Å²) < 4.78 is 5.74. The molecule has 0 saturated carbocycles. The number of benzene rings is 1. The highest BCUT2D eigenvalue weighted by molar-refractivity contribution is 14.0. The van der Waals surface area contributed by atoms with Crippen molar-refractivity contribution in [2.75, 3.05) is 39.8 Å². The van der Waals surface area contributed by atoms with Crippen molar-refractivity contribution in [3.8, 4) is 5.75 Å². The summed E-state index contributed by atoms with van der Waals surface area (Å²) in [4.78, 5) is 19.3. The van der Waals surface area contributed by atoms with Gasteiger partial charge in [0.05, 0.1) is 11.4 Å². The Morgan fingerprint density at radius 1 is 1.18 bits per heavy atom. The van der Waals surface area contributed by atoms with Crippen LogP contribution in [0.25, 0.3) is 0 Å². The number of carbonyl (C=O) groups is 1. The Hall–Kier alpha value is -1.81. The topological polar surface area (TPSA) is 66.0 Å². The lowest BCUT2D eigenvalue weighted by Crippen LogP contribution is -2.41. The first-order valence-electron chi connectivity index (χ1n) is 9.19. The summed E-state index contributed by atoms with van der Waals surface area (Å²) in [7, 11) is 1.99. The monoisotopic (exact) mass is 516 g/mol. The molecule has 0 saturated heterocycles. The predicted octanol–water partition coefficient (Wildman–Crippen LogP) is 3.46. The number of guanidine groups is 1. The van der Waals surface area contributed by atoms with Gasteiger partial charge in [0.2, 0.25) is 0 Å². The fourth-order valence-electron chi connectivity index (χ4n) is 2.35. The molecule has 2 aromatic rings. The van der Waals surface area contributed by atoms with E-state index in [1.807, 2.05) is 61.8 Å². The van der Waals surface area contributed by atoms with Crippen molar-refractivity contribution >= 4 is 47.2 Å². The summed E-state index contributed by atoms with van der Waals surface area (Å²) in [6, 6.07) is 13.5. The average molecular weight is 516 g/mol. The van der Waals surface area contributed by atoms with Crippen LogP contribution >= 0.6 is 35.3 Å². The highest BCUT2D eigenvalue weighted by atomic mass is 127. The summed E-state index contributed by atoms with van der Waals surface area (Å²) in [6.07, 6.45) is 0.792. The Morgan fingerprint density at radius 2 is 1.96 bits per heavy atom. The summed E-state index contributed by atoms with van der Waals surface area (Å²) in [6.45, 7) is 5.43. The fraction of sp³-hybridized carbons (Fsp3) is 0.400. The van der Waals surface area contributed by atoms with Crippen LogP contribution in [0.4, 0.5) is 0 Å². The van der Waals surface area contributed by atoms with E-state index in [0.29, 0.717) is 19.7 Å². The van der Waals surface area contributed by atoms with Gasteiger partial charge in [-0.1, -0.05) is 24.3 Å². The molecule has 154 valence electrons. The zero-order chi connectivity index (χ0) is 19.3. The number of hydrogen-bond donors (Lipinski definition) is 2. The molecule has 0 aliphatic carbocycles. The molecule has 0 aliphatic heterocycles. The lowest BCUT2D eigenvalue weighted by molar-refractivity contribution is 0.0957. The molecule has 2 N–H and O–H groups in total. The summed E-state index contributed by atoms with van der Waals surface area (Å²) in [5, 5.41) is 8.11. The second kappa shape index (κ2) is 14.2.